The van der Waals surface area contributed by atoms with Crippen molar-refractivity contribution in [2.24, 2.45) is 0 Å². The Morgan fingerprint density at radius 3 is 0.750 bits per heavy atom. The molecule has 0 unspecified atom stereocenters. The molecule has 106 valence electrons. The van der Waals surface area contributed by atoms with Crippen LogP contribution in [0.25, 0.3) is 0 Å². The van der Waals surface area contributed by atoms with Crippen LogP contribution in [0.5, 0.6) is 0 Å². The van der Waals surface area contributed by atoms with Crippen molar-refractivity contribution in [2.45, 2.75) is 39.5 Å². The molecule has 0 saturated heterocycles. The second kappa shape index (κ2) is 29.4. The zero-order valence-corrected chi connectivity index (χ0v) is 12.7. The summed E-state index contributed by atoms with van der Waals surface area (Å²) in [6, 6.07) is 0. The minimum atomic E-state index is 0. The fourth-order valence-corrected chi connectivity index (χ4v) is 0.500. The number of unbranched alkanes of at least 4 members (excludes halogenated alkanes) is 3. The van der Waals surface area contributed by atoms with Crippen LogP contribution >= 0.6 is 0 Å². The minimum Gasteiger partial charge on any atom is -0.870 e. The Kier molecular flexibility index (Phi) is 54.5. The van der Waals surface area contributed by atoms with Crippen LogP contribution in [0.4, 0.5) is 0 Å². The molecule has 0 rings (SSSR count). The van der Waals surface area contributed by atoms with E-state index >= 15 is 0 Å². The third-order valence-corrected chi connectivity index (χ3v) is 0.957. The zero-order valence-electron chi connectivity index (χ0n) is 12.7. The van der Waals surface area contributed by atoms with Crippen molar-refractivity contribution in [3.8, 4) is 0 Å². The van der Waals surface area contributed by atoms with Gasteiger partial charge in [-0.15, -0.1) is 0 Å². The van der Waals surface area contributed by atoms with E-state index in [1.807, 2.05) is 0 Å². The molecule has 0 heterocycles. The monoisotopic (exact) mass is 240 g/mol. The third-order valence-electron chi connectivity index (χ3n) is 0.957. The van der Waals surface area contributed by atoms with Crippen molar-refractivity contribution in [2.75, 3.05) is 42.3 Å². The minimum absolute atomic E-state index is 0. The van der Waals surface area contributed by atoms with E-state index in [0.29, 0.717) is 0 Å². The van der Waals surface area contributed by atoms with Gasteiger partial charge in [-0.3, -0.25) is 0 Å². The lowest BCUT2D eigenvalue weighted by atomic mass is 10.2. The molecule has 0 aliphatic carbocycles. The maximum Gasteiger partial charge on any atom is 0.0661 e. The third kappa shape index (κ3) is 283. The van der Waals surface area contributed by atoms with Gasteiger partial charge in [-0.25, -0.2) is 0 Å². The molecule has 0 spiro atoms. The molecule has 0 aromatic heterocycles. The van der Waals surface area contributed by atoms with Crippen LogP contribution in [-0.2, 0) is 0 Å². The summed E-state index contributed by atoms with van der Waals surface area (Å²) in [6.45, 7) is 4.46. The van der Waals surface area contributed by atoms with Gasteiger partial charge in [0.1, 0.15) is 0 Å². The molecule has 0 saturated carbocycles. The predicted octanol–water partition coefficient (Wildman–Crippen LogP) is -0.246. The Balaban J connectivity index is -0.0000000367. The molecule has 0 bridgehead atoms. The van der Waals surface area contributed by atoms with Crippen LogP contribution in [0.15, 0.2) is 0 Å². The number of rotatable bonds is 3. The molecule has 4 N–H and O–H groups in total. The summed E-state index contributed by atoms with van der Waals surface area (Å²) >= 11 is 0. The molecule has 4 heteroatoms. The second-order valence-electron chi connectivity index (χ2n) is 4.71. The van der Waals surface area contributed by atoms with E-state index in [1.165, 1.54) is 35.5 Å². The molecule has 4 nitrogen and oxygen atoms in total. The van der Waals surface area contributed by atoms with Gasteiger partial charge in [0.15, 0.2) is 0 Å². The SMILES string of the molecule is CCCCCC.C[NH+](C)C.C[NH+](C)C.[OH-].[OH-]. The number of hydrogen-bond donors (Lipinski definition) is 2. The molecular weight excluding hydrogens is 204 g/mol. The molecule has 0 radical (unpaired) electrons. The Morgan fingerprint density at radius 2 is 0.688 bits per heavy atom. The van der Waals surface area contributed by atoms with Gasteiger partial charge < -0.3 is 20.8 Å². The first-order chi connectivity index (χ1) is 6.38. The fraction of sp³-hybridized carbons (Fsp3) is 1.00. The van der Waals surface area contributed by atoms with Crippen molar-refractivity contribution in [1.82, 2.24) is 0 Å². The van der Waals surface area contributed by atoms with Crippen LogP contribution in [0, 0.1) is 0 Å². The van der Waals surface area contributed by atoms with E-state index in [2.05, 4.69) is 56.1 Å². The Bertz CT molecular complexity index is 63.9. The van der Waals surface area contributed by atoms with E-state index in [-0.39, 0.29) is 11.0 Å². The first-order valence-corrected chi connectivity index (χ1v) is 5.91. The molecule has 0 amide bonds. The van der Waals surface area contributed by atoms with Gasteiger partial charge in [0.2, 0.25) is 0 Å². The molecule has 0 fully saturated rings. The van der Waals surface area contributed by atoms with Gasteiger partial charge in [0.05, 0.1) is 42.3 Å². The van der Waals surface area contributed by atoms with E-state index in [1.54, 1.807) is 0 Å². The quantitative estimate of drug-likeness (QED) is 0.668. The fourth-order valence-electron chi connectivity index (χ4n) is 0.500. The van der Waals surface area contributed by atoms with Crippen LogP contribution in [0.1, 0.15) is 39.5 Å². The lowest BCUT2D eigenvalue weighted by Gasteiger charge is -1.88. The average molecular weight is 240 g/mol. The van der Waals surface area contributed by atoms with E-state index in [4.69, 9.17) is 0 Å². The highest BCUT2D eigenvalue weighted by Crippen LogP contribution is 1.95. The number of hydrogen-bond acceptors (Lipinski definition) is 2. The maximum atomic E-state index is 2.23. The Morgan fingerprint density at radius 1 is 0.562 bits per heavy atom. The summed E-state index contributed by atoms with van der Waals surface area (Å²) < 4.78 is 0. The maximum absolute atomic E-state index is 2.23. The van der Waals surface area contributed by atoms with Crippen molar-refractivity contribution >= 4 is 0 Å². The summed E-state index contributed by atoms with van der Waals surface area (Å²) in [5.41, 5.74) is 0. The summed E-state index contributed by atoms with van der Waals surface area (Å²) in [4.78, 5) is 2.83. The standard InChI is InChI=1S/C6H14.2C3H9N.2H2O/c1-3-5-6-4-2;2*1-4(2)3;;/h3-6H2,1-2H3;2*1-3H3;2*1H2. The molecule has 0 aliphatic rings. The van der Waals surface area contributed by atoms with Crippen LogP contribution in [-0.4, -0.2) is 53.2 Å². The highest BCUT2D eigenvalue weighted by molar-refractivity contribution is 4.31. The van der Waals surface area contributed by atoms with Crippen LogP contribution < -0.4 is 9.80 Å². The van der Waals surface area contributed by atoms with Crippen molar-refractivity contribution in [3.05, 3.63) is 0 Å². The van der Waals surface area contributed by atoms with Crippen LogP contribution in [0.3, 0.4) is 0 Å². The van der Waals surface area contributed by atoms with Crippen LogP contribution in [0.2, 0.25) is 0 Å². The molecule has 16 heavy (non-hydrogen) atoms. The highest BCUT2D eigenvalue weighted by Gasteiger charge is 1.75. The summed E-state index contributed by atoms with van der Waals surface area (Å²) in [6.07, 6.45) is 5.54. The smallest absolute Gasteiger partial charge is 0.0661 e. The van der Waals surface area contributed by atoms with E-state index < -0.39 is 0 Å². The lowest BCUT2D eigenvalue weighted by molar-refractivity contribution is -0.836. The summed E-state index contributed by atoms with van der Waals surface area (Å²) in [5.74, 6) is 0. The average Bonchev–Trinajstić information content (AvgIpc) is 1.98. The lowest BCUT2D eigenvalue weighted by Crippen LogP contribution is -3.02. The predicted molar refractivity (Wildman–Crippen MR) is 71.2 cm³/mol. The Labute approximate surface area is 103 Å². The largest absolute Gasteiger partial charge is 0.870 e. The molecule has 0 aliphatic heterocycles. The normalized spacial score (nSPS) is 7.88. The van der Waals surface area contributed by atoms with Gasteiger partial charge in [-0.2, -0.15) is 0 Å². The van der Waals surface area contributed by atoms with Crippen molar-refractivity contribution in [1.29, 1.82) is 0 Å². The molecular formula is C12H36N2O2. The molecule has 0 aromatic rings. The molecule has 0 atom stereocenters. The van der Waals surface area contributed by atoms with Gasteiger partial charge in [-0.05, 0) is 0 Å². The second-order valence-corrected chi connectivity index (χ2v) is 4.71. The first kappa shape index (κ1) is 29.7. The summed E-state index contributed by atoms with van der Waals surface area (Å²) in [5, 5.41) is 0. The Hall–Kier alpha value is -0.160. The highest BCUT2D eigenvalue weighted by atomic mass is 16.0. The van der Waals surface area contributed by atoms with E-state index in [0.717, 1.165) is 0 Å². The first-order valence-electron chi connectivity index (χ1n) is 5.91. The van der Waals surface area contributed by atoms with Crippen molar-refractivity contribution < 1.29 is 20.8 Å². The topological polar surface area (TPSA) is 68.9 Å². The number of quaternary nitrogens is 2. The summed E-state index contributed by atoms with van der Waals surface area (Å²) in [7, 11) is 12.5. The van der Waals surface area contributed by atoms with Gasteiger partial charge >= 0.3 is 0 Å². The van der Waals surface area contributed by atoms with Gasteiger partial charge in [-0.1, -0.05) is 39.5 Å². The molecule has 0 aromatic carbocycles. The zero-order chi connectivity index (χ0) is 12.0. The van der Waals surface area contributed by atoms with Gasteiger partial charge in [0.25, 0.3) is 0 Å². The van der Waals surface area contributed by atoms with Crippen molar-refractivity contribution in [3.63, 3.8) is 0 Å². The van der Waals surface area contributed by atoms with Gasteiger partial charge in [0, 0.05) is 0 Å². The number of nitrogens with one attached hydrogen (secondary N) is 2. The van der Waals surface area contributed by atoms with E-state index in [9.17, 15) is 0 Å².